The van der Waals surface area contributed by atoms with Crippen molar-refractivity contribution < 1.29 is 80.2 Å². The molecule has 0 bridgehead atoms. The van der Waals surface area contributed by atoms with E-state index < -0.39 is 5.97 Å². The van der Waals surface area contributed by atoms with Crippen LogP contribution in [0.2, 0.25) is 0 Å². The van der Waals surface area contributed by atoms with Gasteiger partial charge in [0.2, 0.25) is 0 Å². The molecule has 0 aromatic rings. The van der Waals surface area contributed by atoms with E-state index in [0.29, 0.717) is 6.42 Å². The van der Waals surface area contributed by atoms with Gasteiger partial charge in [-0.2, -0.15) is 0 Å². The third-order valence-corrected chi connectivity index (χ3v) is 3.49. The Bertz CT molecular complexity index is 189. The van der Waals surface area contributed by atoms with Gasteiger partial charge in [0.25, 0.3) is 0 Å². The van der Waals surface area contributed by atoms with E-state index in [1.54, 1.807) is 0 Å². The maximum Gasteiger partial charge on any atom is 1.00 e. The van der Waals surface area contributed by atoms with Gasteiger partial charge >= 0.3 is 74.9 Å². The molecule has 2 nitrogen and oxygen atoms in total. The molecule has 1 N–H and O–H groups in total. The summed E-state index contributed by atoms with van der Waals surface area (Å²) in [6.07, 6.45) is 17.3. The van der Waals surface area contributed by atoms with Gasteiger partial charge in [0.15, 0.2) is 0 Å². The third kappa shape index (κ3) is 22.0. The number of rotatable bonds is 14. The maximum absolute atomic E-state index is 10.3. The molecule has 3 heteroatoms. The molecule has 0 aliphatic carbocycles. The molecule has 0 amide bonds. The molecule has 0 fully saturated rings. The number of hydrogen-bond donors (Lipinski definition) is 1. The normalized spacial score (nSPS) is 10.2. The zero-order valence-corrected chi connectivity index (χ0v) is 19.5. The number of carbonyl (C=O) groups is 1. The van der Waals surface area contributed by atoms with Crippen molar-refractivity contribution in [2.75, 3.05) is 0 Å². The molecule has 110 valence electrons. The Balaban J connectivity index is -0.00000144. The zero-order chi connectivity index (χ0) is 13.5. The summed E-state index contributed by atoms with van der Waals surface area (Å²) in [4.78, 5) is 10.3. The quantitative estimate of drug-likeness (QED) is 0.463. The van der Waals surface area contributed by atoms with Crippen molar-refractivity contribution >= 4 is 5.97 Å². The van der Waals surface area contributed by atoms with Crippen molar-refractivity contribution in [1.29, 1.82) is 0 Å². The van der Waals surface area contributed by atoms with Crippen LogP contribution in [-0.4, -0.2) is 11.1 Å². The Morgan fingerprint density at radius 1 is 0.737 bits per heavy atom. The fraction of sp³-hybridized carbons (Fsp3) is 0.938. The third-order valence-electron chi connectivity index (χ3n) is 3.49. The summed E-state index contributed by atoms with van der Waals surface area (Å²) in [5, 5.41) is 8.49. The first-order valence-corrected chi connectivity index (χ1v) is 7.99. The Morgan fingerprint density at radius 3 is 1.37 bits per heavy atom. The number of carboxylic acids is 1. The van der Waals surface area contributed by atoms with Gasteiger partial charge in [0, 0.05) is 6.42 Å². The molecule has 0 heterocycles. The predicted octanol–water partition coefficient (Wildman–Crippen LogP) is 2.67. The molecule has 0 saturated carbocycles. The van der Waals surface area contributed by atoms with Crippen LogP contribution in [0.1, 0.15) is 98.2 Å². The summed E-state index contributed by atoms with van der Waals surface area (Å²) >= 11 is 0. The minimum Gasteiger partial charge on any atom is -1.00 e. The Labute approximate surface area is 180 Å². The topological polar surface area (TPSA) is 37.3 Å². The second-order valence-electron chi connectivity index (χ2n) is 5.39. The molecule has 19 heavy (non-hydrogen) atoms. The fourth-order valence-corrected chi connectivity index (χ4v) is 2.29. The first-order valence-electron chi connectivity index (χ1n) is 7.99. The van der Waals surface area contributed by atoms with Crippen molar-refractivity contribution in [2.45, 2.75) is 96.8 Å². The summed E-state index contributed by atoms with van der Waals surface area (Å²) in [5.41, 5.74) is 0. The van der Waals surface area contributed by atoms with E-state index in [0.717, 1.165) is 12.8 Å². The molecule has 0 aromatic carbocycles. The number of unbranched alkanes of at least 4 members (excludes halogenated alkanes) is 12. The second kappa shape index (κ2) is 19.5. The van der Waals surface area contributed by atoms with E-state index in [4.69, 9.17) is 5.11 Å². The molecule has 0 radical (unpaired) electrons. The van der Waals surface area contributed by atoms with E-state index in [9.17, 15) is 4.79 Å². The first kappa shape index (κ1) is 22.8. The van der Waals surface area contributed by atoms with Crippen LogP contribution in [-0.2, 0) is 4.79 Å². The van der Waals surface area contributed by atoms with Gasteiger partial charge in [-0.1, -0.05) is 84.0 Å². The SMILES string of the molecule is CCCCCCCCCCCCCCCC(=O)O.[Cs+].[H-]. The maximum atomic E-state index is 10.3. The van der Waals surface area contributed by atoms with Crippen LogP contribution in [0.25, 0.3) is 0 Å². The molecular formula is C16H33CsO2. The van der Waals surface area contributed by atoms with Crippen molar-refractivity contribution in [1.82, 2.24) is 0 Å². The van der Waals surface area contributed by atoms with Gasteiger partial charge in [-0.25, -0.2) is 0 Å². The van der Waals surface area contributed by atoms with Gasteiger partial charge in [-0.05, 0) is 6.42 Å². The Hall–Kier alpha value is 1.52. The minimum absolute atomic E-state index is 0. The van der Waals surface area contributed by atoms with E-state index >= 15 is 0 Å². The molecule has 0 rings (SSSR count). The van der Waals surface area contributed by atoms with E-state index in [2.05, 4.69) is 6.92 Å². The summed E-state index contributed by atoms with van der Waals surface area (Å²) < 4.78 is 0. The van der Waals surface area contributed by atoms with Gasteiger partial charge in [-0.3, -0.25) is 4.79 Å². The van der Waals surface area contributed by atoms with Crippen molar-refractivity contribution in [2.24, 2.45) is 0 Å². The molecule has 0 aliphatic rings. The first-order chi connectivity index (χ1) is 8.77. The number of aliphatic carboxylic acids is 1. The predicted molar refractivity (Wildman–Crippen MR) is 79.1 cm³/mol. The molecule has 0 saturated heterocycles. The average Bonchev–Trinajstić information content (AvgIpc) is 2.34. The smallest absolute Gasteiger partial charge is 1.00 e. The standard InChI is InChI=1S/C16H32O2.Cs.H/c1-2-3-4-5-6-7-8-9-10-11-12-13-14-15-16(17)18;;/h2-15H2,1H3,(H,17,18);;/q;+1;-1. The van der Waals surface area contributed by atoms with Crippen molar-refractivity contribution in [3.8, 4) is 0 Å². The molecule has 0 aromatic heterocycles. The summed E-state index contributed by atoms with van der Waals surface area (Å²) in [7, 11) is 0. The monoisotopic (exact) mass is 390 g/mol. The molecular weight excluding hydrogens is 357 g/mol. The molecule has 0 aliphatic heterocycles. The molecule has 0 atom stereocenters. The Morgan fingerprint density at radius 2 is 1.05 bits per heavy atom. The van der Waals surface area contributed by atoms with Crippen LogP contribution in [0, 0.1) is 0 Å². The summed E-state index contributed by atoms with van der Waals surface area (Å²) in [6, 6.07) is 0. The fourth-order valence-electron chi connectivity index (χ4n) is 2.29. The largest absolute Gasteiger partial charge is 1.00 e. The second-order valence-corrected chi connectivity index (χ2v) is 5.39. The van der Waals surface area contributed by atoms with Gasteiger partial charge < -0.3 is 6.53 Å². The molecule has 0 unspecified atom stereocenters. The Kier molecular flexibility index (Phi) is 23.4. The average molecular weight is 390 g/mol. The van der Waals surface area contributed by atoms with Crippen LogP contribution < -0.4 is 68.9 Å². The summed E-state index contributed by atoms with van der Waals surface area (Å²) in [6.45, 7) is 2.26. The zero-order valence-electron chi connectivity index (χ0n) is 14.3. The van der Waals surface area contributed by atoms with Crippen LogP contribution in [0.4, 0.5) is 0 Å². The van der Waals surface area contributed by atoms with Crippen LogP contribution in [0.5, 0.6) is 0 Å². The number of carboxylic acid groups (broad SMARTS) is 1. The summed E-state index contributed by atoms with van der Waals surface area (Å²) in [5.74, 6) is -0.655. The van der Waals surface area contributed by atoms with Crippen molar-refractivity contribution in [3.63, 3.8) is 0 Å². The number of hydrogen-bond acceptors (Lipinski definition) is 1. The van der Waals surface area contributed by atoms with E-state index in [1.165, 1.54) is 70.6 Å². The van der Waals surface area contributed by atoms with Crippen LogP contribution in [0.3, 0.4) is 0 Å². The van der Waals surface area contributed by atoms with Crippen LogP contribution in [0.15, 0.2) is 0 Å². The van der Waals surface area contributed by atoms with Gasteiger partial charge in [0.05, 0.1) is 0 Å². The van der Waals surface area contributed by atoms with Gasteiger partial charge in [-0.15, -0.1) is 0 Å². The van der Waals surface area contributed by atoms with Gasteiger partial charge in [0.1, 0.15) is 0 Å². The molecule has 0 spiro atoms. The van der Waals surface area contributed by atoms with E-state index in [-0.39, 0.29) is 70.3 Å². The van der Waals surface area contributed by atoms with Crippen LogP contribution >= 0.6 is 0 Å². The minimum atomic E-state index is -0.655. The van der Waals surface area contributed by atoms with Crippen molar-refractivity contribution in [3.05, 3.63) is 0 Å². The van der Waals surface area contributed by atoms with E-state index in [1.807, 2.05) is 0 Å².